The molecule has 176 valence electrons. The van der Waals surface area contributed by atoms with Gasteiger partial charge in [-0.25, -0.2) is 0 Å². The highest BCUT2D eigenvalue weighted by molar-refractivity contribution is 6.46. The van der Waals surface area contributed by atoms with Crippen molar-refractivity contribution >= 4 is 17.4 Å². The largest absolute Gasteiger partial charge is 0.507 e. The third-order valence-electron chi connectivity index (χ3n) is 5.55. The van der Waals surface area contributed by atoms with Crippen molar-refractivity contribution in [2.75, 3.05) is 41.1 Å². The van der Waals surface area contributed by atoms with Crippen LogP contribution in [0.5, 0.6) is 17.2 Å². The van der Waals surface area contributed by atoms with Crippen molar-refractivity contribution in [1.29, 1.82) is 0 Å². The molecule has 1 aliphatic heterocycles. The molecule has 33 heavy (non-hydrogen) atoms. The monoisotopic (exact) mass is 455 g/mol. The van der Waals surface area contributed by atoms with E-state index in [1.54, 1.807) is 36.4 Å². The van der Waals surface area contributed by atoms with Crippen LogP contribution in [0.3, 0.4) is 0 Å². The zero-order chi connectivity index (χ0) is 24.1. The van der Waals surface area contributed by atoms with E-state index in [2.05, 4.69) is 0 Å². The van der Waals surface area contributed by atoms with Gasteiger partial charge in [-0.1, -0.05) is 6.07 Å². The number of Topliss-reactive ketones (excluding diaryl/α,β-unsaturated/α-hetero) is 1. The van der Waals surface area contributed by atoms with Crippen LogP contribution in [-0.2, 0) is 14.3 Å². The van der Waals surface area contributed by atoms with Gasteiger partial charge < -0.3 is 29.0 Å². The average Bonchev–Trinajstić information content (AvgIpc) is 3.07. The molecule has 2 aromatic rings. The number of methoxy groups -OCH3 is 3. The van der Waals surface area contributed by atoms with Gasteiger partial charge in [-0.05, 0) is 55.3 Å². The molecule has 0 aromatic heterocycles. The Morgan fingerprint density at radius 3 is 2.30 bits per heavy atom. The molecule has 3 rings (SSSR count). The number of rotatable bonds is 9. The van der Waals surface area contributed by atoms with Crippen molar-refractivity contribution in [3.05, 3.63) is 58.7 Å². The Hall–Kier alpha value is -3.52. The van der Waals surface area contributed by atoms with E-state index < -0.39 is 17.7 Å². The van der Waals surface area contributed by atoms with Gasteiger partial charge >= 0.3 is 0 Å². The lowest BCUT2D eigenvalue weighted by Gasteiger charge is -2.25. The van der Waals surface area contributed by atoms with E-state index in [1.165, 1.54) is 26.2 Å². The fraction of sp³-hybridized carbons (Fsp3) is 0.360. The number of benzene rings is 2. The van der Waals surface area contributed by atoms with Crippen LogP contribution >= 0.6 is 0 Å². The van der Waals surface area contributed by atoms with E-state index in [-0.39, 0.29) is 24.5 Å². The van der Waals surface area contributed by atoms with Crippen molar-refractivity contribution in [1.82, 2.24) is 4.90 Å². The molecule has 0 spiro atoms. The third kappa shape index (κ3) is 4.66. The number of ketones is 1. The van der Waals surface area contributed by atoms with Crippen molar-refractivity contribution in [3.8, 4) is 17.2 Å². The summed E-state index contributed by atoms with van der Waals surface area (Å²) in [6.45, 7) is 4.66. The van der Waals surface area contributed by atoms with E-state index >= 15 is 0 Å². The first-order chi connectivity index (χ1) is 15.9. The second-order valence-electron chi connectivity index (χ2n) is 7.51. The number of carbonyl (C=O) groups is 2. The quantitative estimate of drug-likeness (QED) is 0.351. The highest BCUT2D eigenvalue weighted by Gasteiger charge is 2.46. The zero-order valence-corrected chi connectivity index (χ0v) is 19.5. The van der Waals surface area contributed by atoms with E-state index in [4.69, 9.17) is 18.9 Å². The molecule has 0 radical (unpaired) electrons. The number of amides is 1. The van der Waals surface area contributed by atoms with Crippen molar-refractivity contribution in [2.24, 2.45) is 0 Å². The number of hydrogen-bond donors (Lipinski definition) is 1. The van der Waals surface area contributed by atoms with Crippen LogP contribution in [0.1, 0.15) is 29.7 Å². The Morgan fingerprint density at radius 1 is 1.00 bits per heavy atom. The lowest BCUT2D eigenvalue weighted by atomic mass is 9.94. The minimum Gasteiger partial charge on any atom is -0.507 e. The molecule has 1 amide bonds. The fourth-order valence-electron chi connectivity index (χ4n) is 3.94. The Kier molecular flexibility index (Phi) is 7.60. The second-order valence-corrected chi connectivity index (χ2v) is 7.51. The molecule has 1 N–H and O–H groups in total. The first-order valence-corrected chi connectivity index (χ1v) is 10.6. The predicted molar refractivity (Wildman–Crippen MR) is 123 cm³/mol. The summed E-state index contributed by atoms with van der Waals surface area (Å²) < 4.78 is 21.4. The van der Waals surface area contributed by atoms with Crippen LogP contribution in [0.4, 0.5) is 0 Å². The number of likely N-dealkylation sites (tertiary alicyclic amines) is 1. The first kappa shape index (κ1) is 24.1. The summed E-state index contributed by atoms with van der Waals surface area (Å²) in [6.07, 6.45) is 0. The predicted octanol–water partition coefficient (Wildman–Crippen LogP) is 3.48. The van der Waals surface area contributed by atoms with Gasteiger partial charge in [-0.3, -0.25) is 9.59 Å². The highest BCUT2D eigenvalue weighted by atomic mass is 16.5. The Bertz CT molecular complexity index is 1080. The molecule has 0 bridgehead atoms. The maximum absolute atomic E-state index is 13.1. The van der Waals surface area contributed by atoms with Crippen LogP contribution in [0.2, 0.25) is 0 Å². The molecular formula is C25H29NO7. The van der Waals surface area contributed by atoms with Gasteiger partial charge in [0.15, 0.2) is 11.5 Å². The summed E-state index contributed by atoms with van der Waals surface area (Å²) in [4.78, 5) is 27.4. The van der Waals surface area contributed by atoms with Gasteiger partial charge in [0.2, 0.25) is 0 Å². The molecule has 1 aliphatic rings. The lowest BCUT2D eigenvalue weighted by molar-refractivity contribution is -0.140. The minimum atomic E-state index is -0.813. The normalized spacial score (nSPS) is 17.4. The third-order valence-corrected chi connectivity index (χ3v) is 5.55. The number of aryl methyl sites for hydroxylation is 1. The molecule has 1 atom stereocenters. The average molecular weight is 456 g/mol. The number of carbonyl (C=O) groups excluding carboxylic acids is 2. The van der Waals surface area contributed by atoms with Gasteiger partial charge in [0.05, 0.1) is 39.0 Å². The van der Waals surface area contributed by atoms with Crippen molar-refractivity contribution in [3.63, 3.8) is 0 Å². The van der Waals surface area contributed by atoms with Gasteiger partial charge in [-0.15, -0.1) is 0 Å². The van der Waals surface area contributed by atoms with Crippen LogP contribution in [0, 0.1) is 6.92 Å². The summed E-state index contributed by atoms with van der Waals surface area (Å²) in [5.41, 5.74) is 1.84. The molecular weight excluding hydrogens is 426 g/mol. The van der Waals surface area contributed by atoms with Gasteiger partial charge in [0, 0.05) is 19.2 Å². The highest BCUT2D eigenvalue weighted by Crippen LogP contribution is 2.42. The van der Waals surface area contributed by atoms with Crippen molar-refractivity contribution < 1.29 is 33.6 Å². The van der Waals surface area contributed by atoms with Gasteiger partial charge in [-0.2, -0.15) is 0 Å². The van der Waals surface area contributed by atoms with Gasteiger partial charge in [0.1, 0.15) is 11.5 Å². The first-order valence-electron chi connectivity index (χ1n) is 10.6. The van der Waals surface area contributed by atoms with E-state index in [1.807, 2.05) is 13.8 Å². The van der Waals surface area contributed by atoms with Crippen LogP contribution in [0.15, 0.2) is 42.0 Å². The Morgan fingerprint density at radius 2 is 1.70 bits per heavy atom. The molecule has 0 saturated carbocycles. The minimum absolute atomic E-state index is 0.00637. The molecule has 8 nitrogen and oxygen atoms in total. The summed E-state index contributed by atoms with van der Waals surface area (Å²) >= 11 is 0. The molecule has 8 heteroatoms. The summed E-state index contributed by atoms with van der Waals surface area (Å²) in [7, 11) is 4.55. The smallest absolute Gasteiger partial charge is 0.295 e. The van der Waals surface area contributed by atoms with Crippen LogP contribution < -0.4 is 14.2 Å². The number of aliphatic hydroxyl groups excluding tert-OH is 1. The lowest BCUT2D eigenvalue weighted by Crippen LogP contribution is -2.32. The zero-order valence-electron chi connectivity index (χ0n) is 19.5. The van der Waals surface area contributed by atoms with Crippen LogP contribution in [-0.4, -0.2) is 62.8 Å². The SMILES string of the molecule is CCOc1ccc(/C(O)=C2/C(=O)C(=O)N(CCOC)C2c2ccc(OC)c(OC)c2)cc1C. The molecule has 0 aliphatic carbocycles. The molecule has 1 fully saturated rings. The summed E-state index contributed by atoms with van der Waals surface area (Å²) in [5.74, 6) is -0.0577. The Balaban J connectivity index is 2.17. The molecule has 1 unspecified atom stereocenters. The van der Waals surface area contributed by atoms with E-state index in [0.29, 0.717) is 35.0 Å². The number of hydrogen-bond acceptors (Lipinski definition) is 7. The van der Waals surface area contributed by atoms with E-state index in [0.717, 1.165) is 5.56 Å². The topological polar surface area (TPSA) is 94.5 Å². The number of nitrogens with zero attached hydrogens (tertiary/aromatic N) is 1. The second kappa shape index (κ2) is 10.4. The van der Waals surface area contributed by atoms with Crippen molar-refractivity contribution in [2.45, 2.75) is 19.9 Å². The summed E-state index contributed by atoms with van der Waals surface area (Å²) in [5, 5.41) is 11.2. The van der Waals surface area contributed by atoms with Crippen LogP contribution in [0.25, 0.3) is 5.76 Å². The number of aliphatic hydroxyl groups is 1. The van der Waals surface area contributed by atoms with Gasteiger partial charge in [0.25, 0.3) is 11.7 Å². The molecule has 1 heterocycles. The fourth-order valence-corrected chi connectivity index (χ4v) is 3.94. The maximum Gasteiger partial charge on any atom is 0.295 e. The Labute approximate surface area is 193 Å². The summed E-state index contributed by atoms with van der Waals surface area (Å²) in [6, 6.07) is 9.47. The maximum atomic E-state index is 13.1. The standard InChI is InChI=1S/C25H29NO7/c1-6-33-18-9-8-17(13-15(18)2)23(27)21-22(26(11-12-30-3)25(29)24(21)28)16-7-10-19(31-4)20(14-16)32-5/h7-10,13-14,22,27H,6,11-12H2,1-5H3/b23-21-. The molecule has 1 saturated heterocycles. The number of ether oxygens (including phenoxy) is 4. The van der Waals surface area contributed by atoms with E-state index in [9.17, 15) is 14.7 Å². The molecule has 2 aromatic carbocycles.